The Labute approximate surface area is 261 Å². The molecule has 0 saturated carbocycles. The molecule has 1 aromatic heterocycles. The fourth-order valence-corrected chi connectivity index (χ4v) is 7.70. The summed E-state index contributed by atoms with van der Waals surface area (Å²) in [6.45, 7) is 11.6. The number of aromatic nitrogens is 1. The lowest BCUT2D eigenvalue weighted by Crippen LogP contribution is -2.36. The number of amides is 2. The minimum atomic E-state index is -0.897. The molecule has 0 aliphatic carbocycles. The molecule has 4 aliphatic rings. The van der Waals surface area contributed by atoms with E-state index in [1.165, 1.54) is 11.8 Å². The number of rotatable bonds is 12. The Morgan fingerprint density at radius 1 is 0.977 bits per heavy atom. The van der Waals surface area contributed by atoms with Crippen LogP contribution in [0.15, 0.2) is 46.3 Å². The molecule has 5 heterocycles. The Kier molecular flexibility index (Phi) is 8.97. The number of hydrogen-bond acceptors (Lipinski definition) is 5. The van der Waals surface area contributed by atoms with Crippen molar-refractivity contribution in [2.24, 2.45) is 11.8 Å². The summed E-state index contributed by atoms with van der Waals surface area (Å²) in [6.07, 6.45) is 6.66. The number of carboxylic acid groups (broad SMARTS) is 2. The first-order chi connectivity index (χ1) is 20.9. The average molecular weight is 622 g/mol. The standard InChI is InChI=1S/C33H40N4O6S/c1-6-19-15(2)24(36-33(19)43)11-22-16(3)20(7-9-29(38)39)25(34-22)13-26-21(8-10-30(40)41)17(4)23(35-26)12-27-31(28-14-44-28)18(5)32(42)37-27/h6,12-13,18,22,24,28,31,34-35H,1,7-11,14H2,2-5H3,(H,36,43)(H,37,42)(H,38,39)(H,40,41)/p+1/b25-13-,27-12+/t18-,22?,24-,28-,31-/m1/s1. The monoisotopic (exact) mass is 621 g/mol. The van der Waals surface area contributed by atoms with E-state index in [9.17, 15) is 29.4 Å². The van der Waals surface area contributed by atoms with Crippen LogP contribution in [-0.2, 0) is 37.4 Å². The molecule has 0 radical (unpaired) electrons. The summed E-state index contributed by atoms with van der Waals surface area (Å²) in [5.41, 5.74) is 8.43. The Morgan fingerprint density at radius 3 is 2.25 bits per heavy atom. The van der Waals surface area contributed by atoms with Crippen molar-refractivity contribution in [3.05, 3.63) is 68.9 Å². The van der Waals surface area contributed by atoms with Gasteiger partial charge in [0.1, 0.15) is 0 Å². The van der Waals surface area contributed by atoms with Crippen molar-refractivity contribution < 1.29 is 29.4 Å². The predicted octanol–water partition coefficient (Wildman–Crippen LogP) is 3.15. The lowest BCUT2D eigenvalue weighted by molar-refractivity contribution is -0.138. The molecule has 6 N–H and O–H groups in total. The molecule has 5 rings (SSSR count). The third-order valence-electron chi connectivity index (χ3n) is 9.43. The minimum absolute atomic E-state index is 0.0228. The van der Waals surface area contributed by atoms with Gasteiger partial charge in [-0.15, -0.1) is 0 Å². The van der Waals surface area contributed by atoms with E-state index in [2.05, 4.69) is 27.5 Å². The number of thiol groups is 1. The minimum Gasteiger partial charge on any atom is -0.481 e. The highest BCUT2D eigenvalue weighted by atomic mass is 32.2. The van der Waals surface area contributed by atoms with E-state index in [1.807, 2.05) is 39.8 Å². The highest BCUT2D eigenvalue weighted by Gasteiger charge is 2.52. The fraction of sp³-hybridized carbons (Fsp3) is 0.455. The van der Waals surface area contributed by atoms with Crippen molar-refractivity contribution >= 4 is 47.7 Å². The van der Waals surface area contributed by atoms with Crippen LogP contribution in [0.3, 0.4) is 0 Å². The van der Waals surface area contributed by atoms with E-state index in [0.717, 1.165) is 56.4 Å². The summed E-state index contributed by atoms with van der Waals surface area (Å²) < 4.78 is 0. The molecule has 0 aromatic carbocycles. The third-order valence-corrected chi connectivity index (χ3v) is 10.5. The number of allylic oxidation sites excluding steroid dienone is 2. The SMILES string of the molecule is C=CC1=C(C)[C@@H](CC2N/C(=C\c3[nH]c(/C=C4/NC(=O)[C@H](C)[C@H]4[C@H]4C[SH+]4)c(C)c3CCC(=O)O)C(CCC(=O)O)=C2C)NC1=O. The van der Waals surface area contributed by atoms with E-state index in [0.29, 0.717) is 30.1 Å². The van der Waals surface area contributed by atoms with Crippen LogP contribution in [0.2, 0.25) is 0 Å². The molecule has 44 heavy (non-hydrogen) atoms. The molecule has 2 amide bonds. The van der Waals surface area contributed by atoms with Gasteiger partial charge < -0.3 is 31.1 Å². The number of aromatic amines is 1. The van der Waals surface area contributed by atoms with Crippen molar-refractivity contribution in [1.82, 2.24) is 20.9 Å². The quantitative estimate of drug-likeness (QED) is 0.119. The summed E-state index contributed by atoms with van der Waals surface area (Å²) in [5, 5.41) is 29.1. The summed E-state index contributed by atoms with van der Waals surface area (Å²) in [7, 11) is 0. The molecule has 5 atom stereocenters. The van der Waals surface area contributed by atoms with Crippen LogP contribution in [0.25, 0.3) is 12.2 Å². The lowest BCUT2D eigenvalue weighted by Gasteiger charge is -2.20. The van der Waals surface area contributed by atoms with E-state index in [4.69, 9.17) is 0 Å². The van der Waals surface area contributed by atoms with Gasteiger partial charge in [0.15, 0.2) is 11.0 Å². The van der Waals surface area contributed by atoms with Crippen molar-refractivity contribution in [2.75, 3.05) is 5.75 Å². The number of aliphatic carboxylic acids is 2. The molecular weight excluding hydrogens is 580 g/mol. The average Bonchev–Trinajstić information content (AvgIpc) is 3.53. The number of H-pyrrole nitrogens is 1. The highest BCUT2D eigenvalue weighted by Crippen LogP contribution is 2.39. The number of carboxylic acids is 2. The highest BCUT2D eigenvalue weighted by molar-refractivity contribution is 7.86. The van der Waals surface area contributed by atoms with Crippen molar-refractivity contribution in [2.45, 2.75) is 77.1 Å². The van der Waals surface area contributed by atoms with E-state index in [1.54, 1.807) is 6.08 Å². The second kappa shape index (κ2) is 12.6. The number of carbonyl (C=O) groups is 4. The molecule has 2 saturated heterocycles. The third kappa shape index (κ3) is 6.29. The van der Waals surface area contributed by atoms with Crippen molar-refractivity contribution in [3.8, 4) is 0 Å². The van der Waals surface area contributed by atoms with Gasteiger partial charge in [-0.3, -0.25) is 19.2 Å². The maximum Gasteiger partial charge on any atom is 0.303 e. The van der Waals surface area contributed by atoms with E-state index < -0.39 is 11.9 Å². The molecule has 11 heteroatoms. The summed E-state index contributed by atoms with van der Waals surface area (Å²) in [4.78, 5) is 51.6. The van der Waals surface area contributed by atoms with Crippen LogP contribution in [0.1, 0.15) is 69.0 Å². The number of hydrogen-bond donors (Lipinski definition) is 6. The van der Waals surface area contributed by atoms with Gasteiger partial charge in [-0.25, -0.2) is 0 Å². The topological polar surface area (TPSA) is 161 Å². The molecule has 4 aliphatic heterocycles. The number of nitrogens with one attached hydrogen (secondary N) is 4. The van der Waals surface area contributed by atoms with Crippen LogP contribution >= 0.6 is 0 Å². The van der Waals surface area contributed by atoms with E-state index >= 15 is 0 Å². The van der Waals surface area contributed by atoms with E-state index in [-0.39, 0.29) is 48.6 Å². The summed E-state index contributed by atoms with van der Waals surface area (Å²) >= 11 is 1.36. The zero-order valence-electron chi connectivity index (χ0n) is 25.5. The molecule has 10 nitrogen and oxygen atoms in total. The van der Waals surface area contributed by atoms with Crippen LogP contribution in [0.4, 0.5) is 0 Å². The first-order valence-electron chi connectivity index (χ1n) is 15.1. The van der Waals surface area contributed by atoms with Gasteiger partial charge in [0, 0.05) is 53.2 Å². The summed E-state index contributed by atoms with van der Waals surface area (Å²) in [5.74, 6) is -0.793. The molecule has 0 bridgehead atoms. The molecule has 0 spiro atoms. The lowest BCUT2D eigenvalue weighted by atomic mass is 9.91. The Hall–Kier alpha value is -3.99. The van der Waals surface area contributed by atoms with Gasteiger partial charge >= 0.3 is 11.9 Å². The largest absolute Gasteiger partial charge is 0.481 e. The van der Waals surface area contributed by atoms with Gasteiger partial charge in [-0.1, -0.05) is 19.6 Å². The van der Waals surface area contributed by atoms with Crippen LogP contribution < -0.4 is 16.0 Å². The van der Waals surface area contributed by atoms with Gasteiger partial charge in [-0.2, -0.15) is 0 Å². The Bertz CT molecular complexity index is 1560. The zero-order valence-corrected chi connectivity index (χ0v) is 26.4. The first kappa shape index (κ1) is 31.4. The van der Waals surface area contributed by atoms with Gasteiger partial charge in [-0.05, 0) is 91.8 Å². The van der Waals surface area contributed by atoms with Gasteiger partial charge in [0.2, 0.25) is 5.91 Å². The van der Waals surface area contributed by atoms with Crippen LogP contribution in [0, 0.1) is 18.8 Å². The normalized spacial score (nSPS) is 28.1. The first-order valence-corrected chi connectivity index (χ1v) is 16.2. The maximum atomic E-state index is 12.6. The van der Waals surface area contributed by atoms with Gasteiger partial charge in [0.05, 0.1) is 12.0 Å². The molecule has 1 aromatic rings. The second-order valence-electron chi connectivity index (χ2n) is 12.2. The second-order valence-corrected chi connectivity index (χ2v) is 13.6. The van der Waals surface area contributed by atoms with Crippen molar-refractivity contribution in [3.63, 3.8) is 0 Å². The van der Waals surface area contributed by atoms with Gasteiger partial charge in [0.25, 0.3) is 5.91 Å². The van der Waals surface area contributed by atoms with Crippen molar-refractivity contribution in [1.29, 1.82) is 0 Å². The molecule has 234 valence electrons. The molecule has 2 fully saturated rings. The summed E-state index contributed by atoms with van der Waals surface area (Å²) in [6, 6.07) is -0.314. The smallest absolute Gasteiger partial charge is 0.303 e. The molecule has 1 unspecified atom stereocenters. The Morgan fingerprint density at radius 2 is 1.64 bits per heavy atom. The predicted molar refractivity (Wildman–Crippen MR) is 172 cm³/mol. The van der Waals surface area contributed by atoms with Crippen LogP contribution in [0.5, 0.6) is 0 Å². The number of carbonyl (C=O) groups excluding carboxylic acids is 2. The fourth-order valence-electron chi connectivity index (χ4n) is 6.70. The van der Waals surface area contributed by atoms with Crippen LogP contribution in [-0.4, -0.2) is 62.0 Å². The maximum absolute atomic E-state index is 12.6. The Balaban J connectivity index is 1.51. The zero-order chi connectivity index (χ0) is 31.9. The molecular formula is C33H41N4O6S+.